The molecule has 0 aliphatic rings. The lowest BCUT2D eigenvalue weighted by Crippen LogP contribution is -2.27. The second-order valence-corrected chi connectivity index (χ2v) is 4.51. The Bertz CT molecular complexity index is 432. The Morgan fingerprint density at radius 3 is 2.78 bits per heavy atom. The van der Waals surface area contributed by atoms with E-state index in [1.54, 1.807) is 10.3 Å². The van der Waals surface area contributed by atoms with Crippen molar-refractivity contribution in [1.82, 2.24) is 4.98 Å². The largest absolute Gasteiger partial charge is 0.479 e. The van der Waals surface area contributed by atoms with Crippen LogP contribution in [-0.2, 0) is 20.9 Å². The number of carbonyl (C=O) groups excluding carboxylic acids is 1. The van der Waals surface area contributed by atoms with E-state index in [0.29, 0.717) is 17.4 Å². The minimum Gasteiger partial charge on any atom is -0.479 e. The molecule has 0 aromatic carbocycles. The molecule has 1 amide bonds. The molecule has 1 aromatic heterocycles. The fourth-order valence-electron chi connectivity index (χ4n) is 1.26. The summed E-state index contributed by atoms with van der Waals surface area (Å²) in [4.78, 5) is 27.7. The number of carboxylic acids is 1. The van der Waals surface area contributed by atoms with Gasteiger partial charge in [0.15, 0.2) is 11.2 Å². The Balaban J connectivity index is 2.63. The number of hydrogen-bond acceptors (Lipinski definition) is 5. The number of carboxylic acid groups (broad SMARTS) is 1. The second kappa shape index (κ2) is 6.46. The maximum Gasteiger partial charge on any atom is 0.332 e. The normalized spacial score (nSPS) is 12.2. The van der Waals surface area contributed by atoms with Gasteiger partial charge in [-0.3, -0.25) is 9.69 Å². The van der Waals surface area contributed by atoms with Gasteiger partial charge in [-0.25, -0.2) is 9.78 Å². The maximum absolute atomic E-state index is 11.3. The summed E-state index contributed by atoms with van der Waals surface area (Å²) >= 11 is 1.34. The van der Waals surface area contributed by atoms with Crippen LogP contribution < -0.4 is 4.90 Å². The van der Waals surface area contributed by atoms with Crippen LogP contribution in [0.4, 0.5) is 5.13 Å². The van der Waals surface area contributed by atoms with Gasteiger partial charge in [0.05, 0.1) is 12.3 Å². The fraction of sp³-hybridized carbons (Fsp3) is 0.545. The first kappa shape index (κ1) is 14.6. The lowest BCUT2D eigenvalue weighted by molar-refractivity contribution is -0.149. The van der Waals surface area contributed by atoms with Gasteiger partial charge in [0.25, 0.3) is 0 Å². The highest BCUT2D eigenvalue weighted by Gasteiger charge is 2.15. The zero-order valence-corrected chi connectivity index (χ0v) is 11.4. The van der Waals surface area contributed by atoms with Crippen molar-refractivity contribution in [2.24, 2.45) is 0 Å². The monoisotopic (exact) mass is 272 g/mol. The van der Waals surface area contributed by atoms with Crippen LogP contribution in [0.2, 0.25) is 0 Å². The molecule has 100 valence electrons. The van der Waals surface area contributed by atoms with Crippen LogP contribution in [-0.4, -0.2) is 34.6 Å². The minimum atomic E-state index is -1.01. The summed E-state index contributed by atoms with van der Waals surface area (Å²) in [5.74, 6) is -1.08. The summed E-state index contributed by atoms with van der Waals surface area (Å²) in [6.45, 7) is 5.48. The molecule has 0 aliphatic heterocycles. The summed E-state index contributed by atoms with van der Waals surface area (Å²) in [5, 5.41) is 11.0. The molecule has 1 atom stereocenters. The van der Waals surface area contributed by atoms with Crippen LogP contribution in [0.15, 0.2) is 5.38 Å². The Morgan fingerprint density at radius 2 is 2.28 bits per heavy atom. The molecule has 0 fully saturated rings. The van der Waals surface area contributed by atoms with E-state index in [9.17, 15) is 9.59 Å². The van der Waals surface area contributed by atoms with Gasteiger partial charge in [-0.05, 0) is 13.8 Å². The lowest BCUT2D eigenvalue weighted by Gasteiger charge is -2.14. The van der Waals surface area contributed by atoms with Crippen LogP contribution in [0, 0.1) is 0 Å². The van der Waals surface area contributed by atoms with E-state index in [1.165, 1.54) is 25.2 Å². The number of anilines is 1. The standard InChI is InChI=1S/C11H16N2O4S/c1-4-13(8(3)14)11-12-9(6-18-11)5-17-7(2)10(15)16/h6-7H,4-5H2,1-3H3,(H,15,16)/t7-/m1/s1. The molecular formula is C11H16N2O4S. The summed E-state index contributed by atoms with van der Waals surface area (Å²) in [7, 11) is 0. The number of aromatic nitrogens is 1. The lowest BCUT2D eigenvalue weighted by atomic mass is 10.4. The third kappa shape index (κ3) is 3.78. The quantitative estimate of drug-likeness (QED) is 0.849. The summed E-state index contributed by atoms with van der Waals surface area (Å²) < 4.78 is 5.12. The highest BCUT2D eigenvalue weighted by atomic mass is 32.1. The fourth-order valence-corrected chi connectivity index (χ4v) is 2.18. The van der Waals surface area contributed by atoms with E-state index in [4.69, 9.17) is 9.84 Å². The molecule has 18 heavy (non-hydrogen) atoms. The molecule has 0 radical (unpaired) electrons. The van der Waals surface area contributed by atoms with Crippen molar-refractivity contribution >= 4 is 28.3 Å². The maximum atomic E-state index is 11.3. The topological polar surface area (TPSA) is 79.7 Å². The van der Waals surface area contributed by atoms with Gasteiger partial charge in [-0.15, -0.1) is 11.3 Å². The van der Waals surface area contributed by atoms with Gasteiger partial charge in [0.1, 0.15) is 0 Å². The number of rotatable bonds is 6. The molecule has 0 unspecified atom stereocenters. The zero-order chi connectivity index (χ0) is 13.7. The molecule has 0 bridgehead atoms. The van der Waals surface area contributed by atoms with Crippen molar-refractivity contribution in [1.29, 1.82) is 0 Å². The van der Waals surface area contributed by atoms with E-state index in [1.807, 2.05) is 6.92 Å². The number of aliphatic carboxylic acids is 1. The first-order chi connectivity index (χ1) is 8.45. The number of nitrogens with zero attached hydrogens (tertiary/aromatic N) is 2. The van der Waals surface area contributed by atoms with E-state index in [-0.39, 0.29) is 12.5 Å². The van der Waals surface area contributed by atoms with Gasteiger partial charge >= 0.3 is 5.97 Å². The molecule has 0 saturated carbocycles. The molecule has 1 heterocycles. The third-order valence-electron chi connectivity index (χ3n) is 2.30. The average molecular weight is 272 g/mol. The highest BCUT2D eigenvalue weighted by Crippen LogP contribution is 2.21. The molecule has 0 aliphatic carbocycles. The smallest absolute Gasteiger partial charge is 0.332 e. The summed E-state index contributed by atoms with van der Waals surface area (Å²) in [6.07, 6.45) is -0.870. The molecule has 1 N–H and O–H groups in total. The highest BCUT2D eigenvalue weighted by molar-refractivity contribution is 7.14. The Kier molecular flexibility index (Phi) is 5.24. The van der Waals surface area contributed by atoms with Crippen LogP contribution in [0.5, 0.6) is 0 Å². The first-order valence-corrected chi connectivity index (χ1v) is 6.40. The molecule has 0 saturated heterocycles. The van der Waals surface area contributed by atoms with Crippen molar-refractivity contribution in [3.63, 3.8) is 0 Å². The van der Waals surface area contributed by atoms with E-state index >= 15 is 0 Å². The van der Waals surface area contributed by atoms with Gasteiger partial charge in [0.2, 0.25) is 5.91 Å². The van der Waals surface area contributed by atoms with Crippen LogP contribution in [0.25, 0.3) is 0 Å². The first-order valence-electron chi connectivity index (χ1n) is 5.52. The predicted octanol–water partition coefficient (Wildman–Crippen LogP) is 1.51. The number of ether oxygens (including phenoxy) is 1. The number of carbonyl (C=O) groups is 2. The van der Waals surface area contributed by atoms with E-state index in [2.05, 4.69) is 4.98 Å². The Labute approximate surface area is 109 Å². The van der Waals surface area contributed by atoms with Gasteiger partial charge in [0, 0.05) is 18.8 Å². The SMILES string of the molecule is CCN(C(C)=O)c1nc(CO[C@H](C)C(=O)O)cs1. The van der Waals surface area contributed by atoms with Crippen LogP contribution in [0.1, 0.15) is 26.5 Å². The molecule has 6 nitrogen and oxygen atoms in total. The van der Waals surface area contributed by atoms with Crippen molar-refractivity contribution in [2.75, 3.05) is 11.4 Å². The number of thiazole rings is 1. The minimum absolute atomic E-state index is 0.0711. The zero-order valence-electron chi connectivity index (χ0n) is 10.5. The molecule has 7 heteroatoms. The van der Waals surface area contributed by atoms with Gasteiger partial charge in [-0.1, -0.05) is 0 Å². The summed E-state index contributed by atoms with van der Waals surface area (Å²) in [5.41, 5.74) is 0.628. The Morgan fingerprint density at radius 1 is 1.61 bits per heavy atom. The van der Waals surface area contributed by atoms with Crippen molar-refractivity contribution in [3.8, 4) is 0 Å². The molecule has 1 aromatic rings. The molecule has 0 spiro atoms. The van der Waals surface area contributed by atoms with Crippen LogP contribution >= 0.6 is 11.3 Å². The van der Waals surface area contributed by atoms with Crippen molar-refractivity contribution in [3.05, 3.63) is 11.1 Å². The number of hydrogen-bond donors (Lipinski definition) is 1. The predicted molar refractivity (Wildman–Crippen MR) is 67.7 cm³/mol. The summed E-state index contributed by atoms with van der Waals surface area (Å²) in [6, 6.07) is 0. The average Bonchev–Trinajstić information content (AvgIpc) is 2.74. The van der Waals surface area contributed by atoms with E-state index in [0.717, 1.165) is 0 Å². The second-order valence-electron chi connectivity index (χ2n) is 3.68. The third-order valence-corrected chi connectivity index (χ3v) is 3.21. The van der Waals surface area contributed by atoms with Gasteiger partial charge < -0.3 is 9.84 Å². The van der Waals surface area contributed by atoms with Gasteiger partial charge in [-0.2, -0.15) is 0 Å². The van der Waals surface area contributed by atoms with Crippen LogP contribution in [0.3, 0.4) is 0 Å². The molecular weight excluding hydrogens is 256 g/mol. The van der Waals surface area contributed by atoms with Crippen molar-refractivity contribution in [2.45, 2.75) is 33.5 Å². The number of amides is 1. The Hall–Kier alpha value is -1.47. The van der Waals surface area contributed by atoms with E-state index < -0.39 is 12.1 Å². The van der Waals surface area contributed by atoms with Crippen molar-refractivity contribution < 1.29 is 19.4 Å². The molecule has 1 rings (SSSR count).